The molecule has 5 nitrogen and oxygen atoms in total. The molecule has 0 aliphatic carbocycles. The SMILES string of the molecule is C=O.COc1ccc(-c2ccccc2)c(O)c1.COc1ccc(-c2ccccc2)c(O)c1. The summed E-state index contributed by atoms with van der Waals surface area (Å²) in [7, 11) is 3.16. The number of aromatic hydroxyl groups is 2. The smallest absolute Gasteiger partial charge is 0.127 e. The Labute approximate surface area is 188 Å². The number of ether oxygens (including phenoxy) is 2. The van der Waals surface area contributed by atoms with Crippen molar-refractivity contribution in [2.75, 3.05) is 14.2 Å². The molecule has 4 aromatic carbocycles. The van der Waals surface area contributed by atoms with Crippen LogP contribution in [0.4, 0.5) is 0 Å². The van der Waals surface area contributed by atoms with Gasteiger partial charge in [-0.2, -0.15) is 0 Å². The normalized spacial score (nSPS) is 9.44. The predicted octanol–water partition coefficient (Wildman–Crippen LogP) is 5.95. The molecular formula is C27H26O5. The van der Waals surface area contributed by atoms with Gasteiger partial charge >= 0.3 is 0 Å². The molecule has 0 spiro atoms. The topological polar surface area (TPSA) is 76.0 Å². The average Bonchev–Trinajstić information content (AvgIpc) is 2.86. The number of methoxy groups -OCH3 is 2. The van der Waals surface area contributed by atoms with Gasteiger partial charge in [-0.15, -0.1) is 0 Å². The second-order valence-corrected chi connectivity index (χ2v) is 6.50. The number of phenols is 2. The zero-order chi connectivity index (χ0) is 23.3. The van der Waals surface area contributed by atoms with Crippen LogP contribution in [-0.2, 0) is 4.79 Å². The largest absolute Gasteiger partial charge is 0.507 e. The maximum Gasteiger partial charge on any atom is 0.127 e. The second-order valence-electron chi connectivity index (χ2n) is 6.50. The Morgan fingerprint density at radius 3 is 1.19 bits per heavy atom. The summed E-state index contributed by atoms with van der Waals surface area (Å²) in [6.45, 7) is 2.00. The van der Waals surface area contributed by atoms with Crippen molar-refractivity contribution in [1.29, 1.82) is 0 Å². The van der Waals surface area contributed by atoms with Crippen LogP contribution in [-0.4, -0.2) is 31.2 Å². The van der Waals surface area contributed by atoms with Gasteiger partial charge in [0.2, 0.25) is 0 Å². The van der Waals surface area contributed by atoms with E-state index in [1.54, 1.807) is 26.4 Å². The summed E-state index contributed by atoms with van der Waals surface area (Å²) in [4.78, 5) is 8.00. The van der Waals surface area contributed by atoms with Gasteiger partial charge in [0.05, 0.1) is 14.2 Å². The number of hydrogen-bond donors (Lipinski definition) is 2. The van der Waals surface area contributed by atoms with Gasteiger partial charge in [-0.25, -0.2) is 0 Å². The summed E-state index contributed by atoms with van der Waals surface area (Å²) in [6, 6.07) is 30.1. The molecule has 32 heavy (non-hydrogen) atoms. The molecule has 2 N–H and O–H groups in total. The molecule has 0 aliphatic rings. The molecule has 0 fully saturated rings. The van der Waals surface area contributed by atoms with Crippen molar-refractivity contribution in [3.05, 3.63) is 97.1 Å². The highest BCUT2D eigenvalue weighted by atomic mass is 16.5. The molecular weight excluding hydrogens is 404 g/mol. The van der Waals surface area contributed by atoms with Crippen molar-refractivity contribution >= 4 is 6.79 Å². The predicted molar refractivity (Wildman–Crippen MR) is 127 cm³/mol. The summed E-state index contributed by atoms with van der Waals surface area (Å²) in [5, 5.41) is 19.6. The third kappa shape index (κ3) is 6.37. The summed E-state index contributed by atoms with van der Waals surface area (Å²) in [5.74, 6) is 1.79. The van der Waals surface area contributed by atoms with Crippen molar-refractivity contribution in [3.8, 4) is 45.3 Å². The van der Waals surface area contributed by atoms with Gasteiger partial charge in [-0.1, -0.05) is 60.7 Å². The van der Waals surface area contributed by atoms with Gasteiger partial charge in [0.25, 0.3) is 0 Å². The van der Waals surface area contributed by atoms with Gasteiger partial charge in [0.15, 0.2) is 0 Å². The number of rotatable bonds is 4. The fraction of sp³-hybridized carbons (Fsp3) is 0.0741. The molecule has 4 rings (SSSR count). The highest BCUT2D eigenvalue weighted by molar-refractivity contribution is 5.71. The number of hydrogen-bond acceptors (Lipinski definition) is 5. The molecule has 0 bridgehead atoms. The molecule has 5 heteroatoms. The Morgan fingerprint density at radius 1 is 0.562 bits per heavy atom. The lowest BCUT2D eigenvalue weighted by molar-refractivity contribution is -0.0980. The molecule has 0 radical (unpaired) electrons. The maximum atomic E-state index is 9.80. The fourth-order valence-electron chi connectivity index (χ4n) is 3.00. The Kier molecular flexibility index (Phi) is 9.34. The first-order valence-corrected chi connectivity index (χ1v) is 9.76. The Bertz CT molecular complexity index is 1010. The van der Waals surface area contributed by atoms with Crippen molar-refractivity contribution < 1.29 is 24.5 Å². The van der Waals surface area contributed by atoms with Crippen molar-refractivity contribution in [1.82, 2.24) is 0 Å². The van der Waals surface area contributed by atoms with Gasteiger partial charge in [-0.3, -0.25) is 0 Å². The van der Waals surface area contributed by atoms with E-state index in [-0.39, 0.29) is 11.5 Å². The van der Waals surface area contributed by atoms with Gasteiger partial charge in [-0.05, 0) is 35.4 Å². The van der Waals surface area contributed by atoms with E-state index in [0.29, 0.717) is 11.5 Å². The Hall–Kier alpha value is -4.25. The summed E-state index contributed by atoms with van der Waals surface area (Å²) in [5.41, 5.74) is 3.63. The molecule has 0 atom stereocenters. The molecule has 0 heterocycles. The highest BCUT2D eigenvalue weighted by Gasteiger charge is 2.05. The molecule has 0 aromatic heterocycles. The summed E-state index contributed by atoms with van der Waals surface area (Å²) < 4.78 is 10.1. The van der Waals surface area contributed by atoms with E-state index >= 15 is 0 Å². The minimum atomic E-state index is 0.237. The van der Waals surface area contributed by atoms with E-state index in [2.05, 4.69) is 0 Å². The van der Waals surface area contributed by atoms with Crippen LogP contribution in [0.3, 0.4) is 0 Å². The minimum Gasteiger partial charge on any atom is -0.507 e. The lowest BCUT2D eigenvalue weighted by Crippen LogP contribution is -1.83. The van der Waals surface area contributed by atoms with E-state index in [0.717, 1.165) is 22.3 Å². The first-order chi connectivity index (χ1) is 15.6. The molecule has 4 aromatic rings. The fourth-order valence-corrected chi connectivity index (χ4v) is 3.00. The molecule has 0 aliphatic heterocycles. The molecule has 164 valence electrons. The third-order valence-corrected chi connectivity index (χ3v) is 4.58. The Balaban J connectivity index is 0.000000211. The minimum absolute atomic E-state index is 0.237. The number of carbonyl (C=O) groups is 1. The zero-order valence-corrected chi connectivity index (χ0v) is 18.1. The van der Waals surface area contributed by atoms with Crippen LogP contribution in [0.5, 0.6) is 23.0 Å². The number of phenolic OH excluding ortho intramolecular Hbond substituents is 2. The van der Waals surface area contributed by atoms with Crippen molar-refractivity contribution in [2.24, 2.45) is 0 Å². The van der Waals surface area contributed by atoms with Gasteiger partial charge in [0, 0.05) is 23.3 Å². The van der Waals surface area contributed by atoms with Crippen LogP contribution < -0.4 is 9.47 Å². The van der Waals surface area contributed by atoms with E-state index < -0.39 is 0 Å². The molecule has 0 amide bonds. The summed E-state index contributed by atoms with van der Waals surface area (Å²) in [6.07, 6.45) is 0. The third-order valence-electron chi connectivity index (χ3n) is 4.58. The van der Waals surface area contributed by atoms with E-state index in [4.69, 9.17) is 14.3 Å². The quantitative estimate of drug-likeness (QED) is 0.418. The highest BCUT2D eigenvalue weighted by Crippen LogP contribution is 2.32. The van der Waals surface area contributed by atoms with Crippen LogP contribution in [0.1, 0.15) is 0 Å². The van der Waals surface area contributed by atoms with Crippen LogP contribution in [0.25, 0.3) is 22.3 Å². The average molecular weight is 431 g/mol. The maximum absolute atomic E-state index is 9.80. The Morgan fingerprint density at radius 2 is 0.906 bits per heavy atom. The molecule has 0 saturated carbocycles. The van der Waals surface area contributed by atoms with Crippen LogP contribution in [0, 0.1) is 0 Å². The van der Waals surface area contributed by atoms with E-state index in [9.17, 15) is 10.2 Å². The summed E-state index contributed by atoms with van der Waals surface area (Å²) >= 11 is 0. The van der Waals surface area contributed by atoms with Gasteiger partial charge in [0.1, 0.15) is 29.8 Å². The zero-order valence-electron chi connectivity index (χ0n) is 18.1. The standard InChI is InChI=1S/2C13H12O2.CH2O/c2*1-15-11-7-8-12(13(14)9-11)10-5-3-2-4-6-10;1-2/h2*2-9,14H,1H3;1H2. The molecule has 0 unspecified atom stereocenters. The monoisotopic (exact) mass is 430 g/mol. The van der Waals surface area contributed by atoms with Crippen LogP contribution in [0.2, 0.25) is 0 Å². The van der Waals surface area contributed by atoms with Crippen LogP contribution in [0.15, 0.2) is 97.1 Å². The van der Waals surface area contributed by atoms with E-state index in [1.807, 2.05) is 91.7 Å². The molecule has 0 saturated heterocycles. The van der Waals surface area contributed by atoms with Crippen molar-refractivity contribution in [3.63, 3.8) is 0 Å². The van der Waals surface area contributed by atoms with Gasteiger partial charge < -0.3 is 24.5 Å². The van der Waals surface area contributed by atoms with E-state index in [1.165, 1.54) is 0 Å². The number of carbonyl (C=O) groups excluding carboxylic acids is 1. The van der Waals surface area contributed by atoms with Crippen molar-refractivity contribution in [2.45, 2.75) is 0 Å². The first-order valence-electron chi connectivity index (χ1n) is 9.76. The number of benzene rings is 4. The first kappa shape index (κ1) is 24.0. The second kappa shape index (κ2) is 12.4. The lowest BCUT2D eigenvalue weighted by atomic mass is 10.0. The van der Waals surface area contributed by atoms with Crippen LogP contribution >= 0.6 is 0 Å². The lowest BCUT2D eigenvalue weighted by Gasteiger charge is -2.06.